The highest BCUT2D eigenvalue weighted by molar-refractivity contribution is 7.15. The van der Waals surface area contributed by atoms with E-state index in [2.05, 4.69) is 31.0 Å². The molecule has 4 rings (SSSR count). The number of hydrogen-bond acceptors (Lipinski definition) is 6. The number of nitrogens with zero attached hydrogens (tertiary/aromatic N) is 1. The van der Waals surface area contributed by atoms with Crippen LogP contribution < -0.4 is 18.9 Å². The van der Waals surface area contributed by atoms with Crippen molar-refractivity contribution in [1.82, 2.24) is 4.90 Å². The van der Waals surface area contributed by atoms with Crippen molar-refractivity contribution >= 4 is 17.2 Å². The SMILES string of the molecule is C#CCCOc1cc(-c2ccc(C)s2)cc2c1OCCN(C(=O)Cc1cc(OC)ccc1OC)C2. The Kier molecular flexibility index (Phi) is 7.84. The second-order valence-electron chi connectivity index (χ2n) is 8.19. The zero-order valence-electron chi connectivity index (χ0n) is 20.3. The number of thiophene rings is 1. The van der Waals surface area contributed by atoms with Gasteiger partial charge in [-0.25, -0.2) is 0 Å². The maximum absolute atomic E-state index is 13.4. The van der Waals surface area contributed by atoms with Crippen molar-refractivity contribution in [3.63, 3.8) is 0 Å². The lowest BCUT2D eigenvalue weighted by atomic mass is 10.1. The number of rotatable bonds is 8. The number of benzene rings is 2. The largest absolute Gasteiger partial charge is 0.497 e. The number of amides is 1. The van der Waals surface area contributed by atoms with Gasteiger partial charge in [0.1, 0.15) is 18.1 Å². The number of aryl methyl sites for hydroxylation is 1. The third-order valence-corrected chi connectivity index (χ3v) is 6.86. The first-order chi connectivity index (χ1) is 17.0. The fourth-order valence-corrected chi connectivity index (χ4v) is 4.91. The molecule has 6 nitrogen and oxygen atoms in total. The molecule has 0 spiro atoms. The minimum atomic E-state index is -0.0137. The molecule has 0 saturated heterocycles. The summed E-state index contributed by atoms with van der Waals surface area (Å²) in [6.07, 6.45) is 6.12. The molecular weight excluding hydrogens is 462 g/mol. The van der Waals surface area contributed by atoms with Crippen LogP contribution in [-0.2, 0) is 17.8 Å². The van der Waals surface area contributed by atoms with Crippen LogP contribution in [0.3, 0.4) is 0 Å². The summed E-state index contributed by atoms with van der Waals surface area (Å²) in [5.41, 5.74) is 2.72. The van der Waals surface area contributed by atoms with Crippen LogP contribution in [0.15, 0.2) is 42.5 Å². The molecule has 7 heteroatoms. The van der Waals surface area contributed by atoms with E-state index in [0.717, 1.165) is 21.6 Å². The Labute approximate surface area is 210 Å². The molecule has 3 aromatic rings. The summed E-state index contributed by atoms with van der Waals surface area (Å²) >= 11 is 1.72. The van der Waals surface area contributed by atoms with Crippen molar-refractivity contribution in [1.29, 1.82) is 0 Å². The molecule has 0 atom stereocenters. The molecule has 1 aliphatic heterocycles. The molecule has 0 radical (unpaired) electrons. The average molecular weight is 492 g/mol. The lowest BCUT2D eigenvalue weighted by molar-refractivity contribution is -0.131. The highest BCUT2D eigenvalue weighted by Crippen LogP contribution is 2.40. The van der Waals surface area contributed by atoms with E-state index in [-0.39, 0.29) is 12.3 Å². The van der Waals surface area contributed by atoms with E-state index in [0.29, 0.717) is 55.7 Å². The van der Waals surface area contributed by atoms with Crippen LogP contribution in [-0.4, -0.2) is 44.8 Å². The molecule has 182 valence electrons. The maximum atomic E-state index is 13.4. The molecule has 0 saturated carbocycles. The lowest BCUT2D eigenvalue weighted by Crippen LogP contribution is -2.33. The van der Waals surface area contributed by atoms with Crippen LogP contribution >= 0.6 is 11.3 Å². The van der Waals surface area contributed by atoms with Crippen LogP contribution in [0.1, 0.15) is 22.4 Å². The molecule has 1 aliphatic rings. The summed E-state index contributed by atoms with van der Waals surface area (Å²) in [7, 11) is 3.20. The Morgan fingerprint density at radius 1 is 1.14 bits per heavy atom. The predicted molar refractivity (Wildman–Crippen MR) is 138 cm³/mol. The average Bonchev–Trinajstić information content (AvgIpc) is 3.18. The molecule has 1 aromatic heterocycles. The van der Waals surface area contributed by atoms with Crippen molar-refractivity contribution in [2.24, 2.45) is 0 Å². The molecule has 2 aromatic carbocycles. The first kappa shape index (κ1) is 24.5. The highest BCUT2D eigenvalue weighted by Gasteiger charge is 2.25. The number of hydrogen-bond donors (Lipinski definition) is 0. The Hall–Kier alpha value is -3.63. The second-order valence-corrected chi connectivity index (χ2v) is 9.48. The first-order valence-corrected chi connectivity index (χ1v) is 12.3. The number of fused-ring (bicyclic) bond motifs is 1. The van der Waals surface area contributed by atoms with E-state index >= 15 is 0 Å². The van der Waals surface area contributed by atoms with Gasteiger partial charge in [0.15, 0.2) is 11.5 Å². The van der Waals surface area contributed by atoms with Crippen molar-refractivity contribution in [2.75, 3.05) is 34.0 Å². The summed E-state index contributed by atoms with van der Waals surface area (Å²) in [5, 5.41) is 0. The summed E-state index contributed by atoms with van der Waals surface area (Å²) in [4.78, 5) is 17.6. The number of carbonyl (C=O) groups excluding carboxylic acids is 1. The zero-order valence-corrected chi connectivity index (χ0v) is 21.1. The summed E-state index contributed by atoms with van der Waals surface area (Å²) in [6.45, 7) is 3.74. The number of methoxy groups -OCH3 is 2. The minimum Gasteiger partial charge on any atom is -0.497 e. The van der Waals surface area contributed by atoms with E-state index in [9.17, 15) is 4.79 Å². The summed E-state index contributed by atoms with van der Waals surface area (Å²) < 4.78 is 22.9. The fraction of sp³-hybridized carbons (Fsp3) is 0.321. The third kappa shape index (κ3) is 5.72. The fourth-order valence-electron chi connectivity index (χ4n) is 4.05. The summed E-state index contributed by atoms with van der Waals surface area (Å²) in [5.74, 6) is 5.26. The zero-order chi connectivity index (χ0) is 24.8. The van der Waals surface area contributed by atoms with Gasteiger partial charge in [0.2, 0.25) is 5.91 Å². The van der Waals surface area contributed by atoms with Crippen molar-refractivity contribution < 1.29 is 23.7 Å². The molecule has 0 unspecified atom stereocenters. The molecule has 0 N–H and O–H groups in total. The van der Waals surface area contributed by atoms with Gasteiger partial charge in [0.05, 0.1) is 33.8 Å². The molecule has 0 aliphatic carbocycles. The van der Waals surface area contributed by atoms with E-state index in [1.807, 2.05) is 29.2 Å². The molecular formula is C28H29NO5S. The molecule has 0 fully saturated rings. The first-order valence-electron chi connectivity index (χ1n) is 11.4. The Bertz CT molecular complexity index is 1240. The van der Waals surface area contributed by atoms with Crippen LogP contribution in [0, 0.1) is 19.3 Å². The topological polar surface area (TPSA) is 57.2 Å². The van der Waals surface area contributed by atoms with Gasteiger partial charge in [0, 0.05) is 33.8 Å². The van der Waals surface area contributed by atoms with Crippen LogP contribution in [0.4, 0.5) is 0 Å². The van der Waals surface area contributed by atoms with E-state index in [1.165, 1.54) is 4.88 Å². The number of terminal acetylenes is 1. The van der Waals surface area contributed by atoms with Gasteiger partial charge < -0.3 is 23.8 Å². The molecule has 0 bridgehead atoms. The predicted octanol–water partition coefficient (Wildman–Crippen LogP) is 5.11. The monoisotopic (exact) mass is 491 g/mol. The van der Waals surface area contributed by atoms with Gasteiger partial charge in [-0.1, -0.05) is 0 Å². The second kappa shape index (κ2) is 11.2. The third-order valence-electron chi connectivity index (χ3n) is 5.81. The summed E-state index contributed by atoms with van der Waals surface area (Å²) in [6, 6.07) is 13.8. The molecule has 1 amide bonds. The van der Waals surface area contributed by atoms with Gasteiger partial charge in [0.25, 0.3) is 0 Å². The Morgan fingerprint density at radius 2 is 2.00 bits per heavy atom. The van der Waals surface area contributed by atoms with Crippen LogP contribution in [0.5, 0.6) is 23.0 Å². The maximum Gasteiger partial charge on any atom is 0.227 e. The van der Waals surface area contributed by atoms with Gasteiger partial charge in [-0.05, 0) is 55.0 Å². The van der Waals surface area contributed by atoms with E-state index < -0.39 is 0 Å². The number of ether oxygens (including phenoxy) is 4. The normalized spacial score (nSPS) is 12.7. The van der Waals surface area contributed by atoms with Gasteiger partial charge in [-0.2, -0.15) is 0 Å². The van der Waals surface area contributed by atoms with Crippen LogP contribution in [0.25, 0.3) is 10.4 Å². The minimum absolute atomic E-state index is 0.0137. The van der Waals surface area contributed by atoms with Crippen molar-refractivity contribution in [2.45, 2.75) is 26.3 Å². The number of carbonyl (C=O) groups is 1. The quantitative estimate of drug-likeness (QED) is 0.324. The smallest absolute Gasteiger partial charge is 0.227 e. The lowest BCUT2D eigenvalue weighted by Gasteiger charge is -2.21. The van der Waals surface area contributed by atoms with Gasteiger partial charge >= 0.3 is 0 Å². The standard InChI is InChI=1S/C28H29NO5S/c1-5-6-12-33-25-16-21(26-10-7-19(2)35-26)14-22-18-29(11-13-34-28(22)25)27(30)17-20-15-23(31-3)8-9-24(20)32-4/h1,7-10,14-16H,6,11-13,17-18H2,2-4H3. The van der Waals surface area contributed by atoms with E-state index in [4.69, 9.17) is 25.4 Å². The van der Waals surface area contributed by atoms with Crippen molar-refractivity contribution in [3.8, 4) is 45.8 Å². The van der Waals surface area contributed by atoms with E-state index in [1.54, 1.807) is 25.6 Å². The van der Waals surface area contributed by atoms with Gasteiger partial charge in [-0.3, -0.25) is 4.79 Å². The Balaban J connectivity index is 1.63. The molecule has 2 heterocycles. The van der Waals surface area contributed by atoms with Crippen LogP contribution in [0.2, 0.25) is 0 Å². The Morgan fingerprint density at radius 3 is 2.71 bits per heavy atom. The van der Waals surface area contributed by atoms with Crippen molar-refractivity contribution in [3.05, 3.63) is 58.5 Å². The van der Waals surface area contributed by atoms with Gasteiger partial charge in [-0.15, -0.1) is 23.7 Å². The molecule has 35 heavy (non-hydrogen) atoms. The highest BCUT2D eigenvalue weighted by atomic mass is 32.1.